The SMILES string of the molecule is C[C@@]12NCCN1C=CC(=O)[C@@H]2OCc1ccccc1. The summed E-state index contributed by atoms with van der Waals surface area (Å²) >= 11 is 0. The average molecular weight is 258 g/mol. The van der Waals surface area contributed by atoms with Gasteiger partial charge in [0.2, 0.25) is 0 Å². The van der Waals surface area contributed by atoms with E-state index in [0.717, 1.165) is 18.7 Å². The number of benzene rings is 1. The Balaban J connectivity index is 1.75. The molecule has 0 spiro atoms. The van der Waals surface area contributed by atoms with Crippen LogP contribution >= 0.6 is 0 Å². The van der Waals surface area contributed by atoms with Crippen molar-refractivity contribution in [2.75, 3.05) is 13.1 Å². The standard InChI is InChI=1S/C15H18N2O2/c1-15-14(19-11-12-5-3-2-4-6-12)13(18)7-9-17(15)10-8-16-15/h2-7,9,14,16H,8,10-11H2,1H3/t14-,15+/m0/s1. The Morgan fingerprint density at radius 3 is 3.00 bits per heavy atom. The van der Waals surface area contributed by atoms with Gasteiger partial charge in [-0.2, -0.15) is 0 Å². The van der Waals surface area contributed by atoms with Crippen molar-refractivity contribution < 1.29 is 9.53 Å². The second-order valence-electron chi connectivity index (χ2n) is 5.16. The Morgan fingerprint density at radius 1 is 1.42 bits per heavy atom. The van der Waals surface area contributed by atoms with Gasteiger partial charge in [0.25, 0.3) is 0 Å². The van der Waals surface area contributed by atoms with Crippen LogP contribution in [0.25, 0.3) is 0 Å². The van der Waals surface area contributed by atoms with Crippen molar-refractivity contribution in [2.24, 2.45) is 0 Å². The summed E-state index contributed by atoms with van der Waals surface area (Å²) in [6.45, 7) is 4.26. The van der Waals surface area contributed by atoms with E-state index < -0.39 is 11.8 Å². The van der Waals surface area contributed by atoms with Crippen LogP contribution in [-0.4, -0.2) is 35.5 Å². The summed E-state index contributed by atoms with van der Waals surface area (Å²) < 4.78 is 5.89. The van der Waals surface area contributed by atoms with Crippen LogP contribution in [0.5, 0.6) is 0 Å². The first kappa shape index (κ1) is 12.4. The van der Waals surface area contributed by atoms with Crippen LogP contribution in [0.15, 0.2) is 42.6 Å². The topological polar surface area (TPSA) is 41.6 Å². The Morgan fingerprint density at radius 2 is 2.21 bits per heavy atom. The molecule has 0 unspecified atom stereocenters. The first-order chi connectivity index (χ1) is 9.20. The van der Waals surface area contributed by atoms with E-state index in [0.29, 0.717) is 6.61 Å². The van der Waals surface area contributed by atoms with Crippen LogP contribution in [0.4, 0.5) is 0 Å². The van der Waals surface area contributed by atoms with Crippen LogP contribution in [0, 0.1) is 0 Å². The zero-order valence-corrected chi connectivity index (χ0v) is 11.0. The van der Waals surface area contributed by atoms with E-state index in [9.17, 15) is 4.79 Å². The van der Waals surface area contributed by atoms with Crippen molar-refractivity contribution in [2.45, 2.75) is 25.3 Å². The lowest BCUT2D eigenvalue weighted by Crippen LogP contribution is -2.61. The van der Waals surface area contributed by atoms with Gasteiger partial charge in [-0.25, -0.2) is 0 Å². The zero-order valence-electron chi connectivity index (χ0n) is 11.0. The van der Waals surface area contributed by atoms with Crippen LogP contribution < -0.4 is 5.32 Å². The Labute approximate surface area is 113 Å². The Kier molecular flexibility index (Phi) is 3.12. The van der Waals surface area contributed by atoms with Crippen LogP contribution in [0.1, 0.15) is 12.5 Å². The number of nitrogens with one attached hydrogen (secondary N) is 1. The maximum absolute atomic E-state index is 12.1. The highest BCUT2D eigenvalue weighted by atomic mass is 16.5. The van der Waals surface area contributed by atoms with E-state index in [1.807, 2.05) is 43.5 Å². The van der Waals surface area contributed by atoms with Crippen molar-refractivity contribution >= 4 is 5.78 Å². The summed E-state index contributed by atoms with van der Waals surface area (Å²) in [6, 6.07) is 9.93. The molecule has 2 aliphatic heterocycles. The second-order valence-corrected chi connectivity index (χ2v) is 5.16. The number of fused-ring (bicyclic) bond motifs is 1. The monoisotopic (exact) mass is 258 g/mol. The summed E-state index contributed by atoms with van der Waals surface area (Å²) in [5.41, 5.74) is 0.665. The van der Waals surface area contributed by atoms with Crippen LogP contribution in [0.2, 0.25) is 0 Å². The highest BCUT2D eigenvalue weighted by Crippen LogP contribution is 2.28. The van der Waals surface area contributed by atoms with E-state index in [1.54, 1.807) is 6.08 Å². The Bertz CT molecular complexity index is 500. The summed E-state index contributed by atoms with van der Waals surface area (Å²) in [7, 11) is 0. The van der Waals surface area contributed by atoms with Crippen molar-refractivity contribution in [3.05, 3.63) is 48.2 Å². The van der Waals surface area contributed by atoms with E-state index in [1.165, 1.54) is 0 Å². The molecule has 1 aromatic rings. The van der Waals surface area contributed by atoms with Gasteiger partial charge in [-0.15, -0.1) is 0 Å². The van der Waals surface area contributed by atoms with Crippen LogP contribution in [-0.2, 0) is 16.1 Å². The van der Waals surface area contributed by atoms with E-state index in [4.69, 9.17) is 4.74 Å². The summed E-state index contributed by atoms with van der Waals surface area (Å²) in [4.78, 5) is 14.2. The molecular weight excluding hydrogens is 240 g/mol. The molecule has 0 saturated carbocycles. The second kappa shape index (κ2) is 4.79. The average Bonchev–Trinajstić information content (AvgIpc) is 2.80. The maximum Gasteiger partial charge on any atom is 0.189 e. The third-order valence-electron chi connectivity index (χ3n) is 3.88. The number of hydrogen-bond acceptors (Lipinski definition) is 4. The fourth-order valence-corrected chi connectivity index (χ4v) is 2.76. The van der Waals surface area contributed by atoms with Crippen LogP contribution in [0.3, 0.4) is 0 Å². The molecule has 0 bridgehead atoms. The lowest BCUT2D eigenvalue weighted by Gasteiger charge is -2.42. The normalized spacial score (nSPS) is 29.6. The predicted octanol–water partition coefficient (Wildman–Crippen LogP) is 1.29. The van der Waals surface area contributed by atoms with Crippen molar-refractivity contribution in [1.29, 1.82) is 0 Å². The third-order valence-corrected chi connectivity index (χ3v) is 3.88. The quantitative estimate of drug-likeness (QED) is 0.887. The number of ketones is 1. The van der Waals surface area contributed by atoms with Crippen molar-refractivity contribution in [1.82, 2.24) is 10.2 Å². The van der Waals surface area contributed by atoms with Gasteiger partial charge in [-0.1, -0.05) is 30.3 Å². The van der Waals surface area contributed by atoms with Crippen molar-refractivity contribution in [3.63, 3.8) is 0 Å². The molecular formula is C15H18N2O2. The maximum atomic E-state index is 12.1. The molecule has 100 valence electrons. The summed E-state index contributed by atoms with van der Waals surface area (Å²) in [5.74, 6) is 0.0316. The molecule has 19 heavy (non-hydrogen) atoms. The van der Waals surface area contributed by atoms with E-state index in [-0.39, 0.29) is 5.78 Å². The molecule has 0 aliphatic carbocycles. The number of ether oxygens (including phenoxy) is 1. The van der Waals surface area contributed by atoms with Gasteiger partial charge in [0.05, 0.1) is 6.61 Å². The predicted molar refractivity (Wildman–Crippen MR) is 72.3 cm³/mol. The third kappa shape index (κ3) is 2.17. The van der Waals surface area contributed by atoms with E-state index in [2.05, 4.69) is 10.2 Å². The zero-order chi connectivity index (χ0) is 13.3. The lowest BCUT2D eigenvalue weighted by molar-refractivity contribution is -0.139. The van der Waals surface area contributed by atoms with Gasteiger partial charge in [0.1, 0.15) is 5.66 Å². The highest BCUT2D eigenvalue weighted by molar-refractivity contribution is 5.95. The largest absolute Gasteiger partial charge is 0.361 e. The number of carbonyl (C=O) groups excluding carboxylic acids is 1. The first-order valence-electron chi connectivity index (χ1n) is 6.59. The molecule has 0 aromatic heterocycles. The number of carbonyl (C=O) groups is 1. The van der Waals surface area contributed by atoms with Gasteiger partial charge in [0, 0.05) is 19.3 Å². The molecule has 0 amide bonds. The van der Waals surface area contributed by atoms with Gasteiger partial charge in [-0.3, -0.25) is 10.1 Å². The minimum Gasteiger partial charge on any atom is -0.361 e. The minimum atomic E-state index is -0.458. The molecule has 2 heterocycles. The Hall–Kier alpha value is -1.65. The number of hydrogen-bond donors (Lipinski definition) is 1. The van der Waals surface area contributed by atoms with E-state index >= 15 is 0 Å². The minimum absolute atomic E-state index is 0.0316. The smallest absolute Gasteiger partial charge is 0.189 e. The molecule has 4 nitrogen and oxygen atoms in total. The van der Waals surface area contributed by atoms with Gasteiger partial charge < -0.3 is 9.64 Å². The molecule has 0 radical (unpaired) electrons. The molecule has 1 fully saturated rings. The highest BCUT2D eigenvalue weighted by Gasteiger charge is 2.47. The van der Waals surface area contributed by atoms with Gasteiger partial charge in [0.15, 0.2) is 11.9 Å². The number of nitrogens with zero attached hydrogens (tertiary/aromatic N) is 1. The first-order valence-corrected chi connectivity index (χ1v) is 6.59. The summed E-state index contributed by atoms with van der Waals surface area (Å²) in [6.07, 6.45) is 3.02. The molecule has 1 N–H and O–H groups in total. The molecule has 2 atom stereocenters. The molecule has 1 aromatic carbocycles. The lowest BCUT2D eigenvalue weighted by atomic mass is 9.97. The number of rotatable bonds is 3. The van der Waals surface area contributed by atoms with Gasteiger partial charge >= 0.3 is 0 Å². The molecule has 3 rings (SSSR count). The fourth-order valence-electron chi connectivity index (χ4n) is 2.76. The molecule has 4 heteroatoms. The summed E-state index contributed by atoms with van der Waals surface area (Å²) in [5, 5.41) is 3.38. The molecule has 2 aliphatic rings. The van der Waals surface area contributed by atoms with Gasteiger partial charge in [-0.05, 0) is 18.6 Å². The fraction of sp³-hybridized carbons (Fsp3) is 0.400. The van der Waals surface area contributed by atoms with Crippen molar-refractivity contribution in [3.8, 4) is 0 Å². The molecule has 1 saturated heterocycles.